The van der Waals surface area contributed by atoms with Crippen molar-refractivity contribution in [3.63, 3.8) is 0 Å². The molecule has 0 heterocycles. The van der Waals surface area contributed by atoms with Gasteiger partial charge < -0.3 is 15.5 Å². The van der Waals surface area contributed by atoms with Crippen LogP contribution in [0.5, 0.6) is 0 Å². The van der Waals surface area contributed by atoms with Crippen molar-refractivity contribution in [2.24, 2.45) is 0 Å². The summed E-state index contributed by atoms with van der Waals surface area (Å²) < 4.78 is 0. The van der Waals surface area contributed by atoms with E-state index in [2.05, 4.69) is 5.32 Å². The quantitative estimate of drug-likeness (QED) is 0.557. The van der Waals surface area contributed by atoms with Gasteiger partial charge in [-0.1, -0.05) is 0 Å². The van der Waals surface area contributed by atoms with E-state index in [0.29, 0.717) is 0 Å². The molecule has 6 heteroatoms. The summed E-state index contributed by atoms with van der Waals surface area (Å²) in [5.41, 5.74) is 0. The first-order valence-electron chi connectivity index (χ1n) is 3.19. The van der Waals surface area contributed by atoms with Crippen molar-refractivity contribution >= 4 is 25.4 Å². The second-order valence-electron chi connectivity index (χ2n) is 2.11. The maximum atomic E-state index is 10.3. The number of aliphatic carboxylic acids is 2. The fourth-order valence-corrected chi connectivity index (χ4v) is 0.659. The fraction of sp³-hybridized carbons (Fsp3) is 0.667. The van der Waals surface area contributed by atoms with Crippen LogP contribution in [0.1, 0.15) is 12.8 Å². The standard InChI is InChI=1S/C6H11NO4.H2S/c1-7-4(6(10)11)2-3-5(8)9;/h4,7H,2-3H2,1H3,(H,8,9)(H,10,11);1H2. The molecule has 0 spiro atoms. The topological polar surface area (TPSA) is 86.6 Å². The Morgan fingerprint density at radius 1 is 1.42 bits per heavy atom. The zero-order valence-corrected chi connectivity index (χ0v) is 7.70. The van der Waals surface area contributed by atoms with Gasteiger partial charge in [0.1, 0.15) is 6.04 Å². The summed E-state index contributed by atoms with van der Waals surface area (Å²) >= 11 is 0. The number of carbonyl (C=O) groups is 2. The van der Waals surface area contributed by atoms with Gasteiger partial charge in [0.15, 0.2) is 0 Å². The normalized spacial score (nSPS) is 11.4. The first-order valence-corrected chi connectivity index (χ1v) is 3.19. The minimum atomic E-state index is -1.02. The summed E-state index contributed by atoms with van der Waals surface area (Å²) in [6, 6.07) is -0.758. The first-order chi connectivity index (χ1) is 5.07. The van der Waals surface area contributed by atoms with E-state index in [9.17, 15) is 9.59 Å². The molecule has 0 aromatic heterocycles. The second-order valence-corrected chi connectivity index (χ2v) is 2.11. The minimum Gasteiger partial charge on any atom is -0.481 e. The van der Waals surface area contributed by atoms with Crippen molar-refractivity contribution in [2.75, 3.05) is 7.05 Å². The van der Waals surface area contributed by atoms with Crippen molar-refractivity contribution < 1.29 is 19.8 Å². The van der Waals surface area contributed by atoms with Gasteiger partial charge in [-0.05, 0) is 13.5 Å². The van der Waals surface area contributed by atoms with Crippen molar-refractivity contribution in [1.82, 2.24) is 5.32 Å². The lowest BCUT2D eigenvalue weighted by Gasteiger charge is -2.07. The third-order valence-corrected chi connectivity index (χ3v) is 1.29. The number of nitrogens with one attached hydrogen (secondary N) is 1. The molecule has 0 saturated carbocycles. The molecule has 0 aromatic rings. The highest BCUT2D eigenvalue weighted by Crippen LogP contribution is 1.96. The van der Waals surface area contributed by atoms with Gasteiger partial charge in [0.2, 0.25) is 0 Å². The molecular formula is C6H13NO4S. The summed E-state index contributed by atoms with van der Waals surface area (Å²) in [4.78, 5) is 20.3. The summed E-state index contributed by atoms with van der Waals surface area (Å²) in [6.45, 7) is 0. The van der Waals surface area contributed by atoms with Gasteiger partial charge in [-0.2, -0.15) is 13.5 Å². The molecule has 1 atom stereocenters. The number of carboxylic acids is 2. The molecule has 0 radical (unpaired) electrons. The second kappa shape index (κ2) is 6.93. The SMILES string of the molecule is CNC(CCC(=O)O)C(=O)O.S. The Kier molecular flexibility index (Phi) is 7.98. The molecule has 3 N–H and O–H groups in total. The zero-order chi connectivity index (χ0) is 8.85. The third kappa shape index (κ3) is 5.99. The van der Waals surface area contributed by atoms with E-state index < -0.39 is 18.0 Å². The van der Waals surface area contributed by atoms with Gasteiger partial charge >= 0.3 is 11.9 Å². The maximum absolute atomic E-state index is 10.3. The lowest BCUT2D eigenvalue weighted by Crippen LogP contribution is -2.34. The Labute approximate surface area is 77.2 Å². The fourth-order valence-electron chi connectivity index (χ4n) is 0.659. The number of carboxylic acid groups (broad SMARTS) is 2. The molecule has 12 heavy (non-hydrogen) atoms. The molecule has 72 valence electrons. The predicted molar refractivity (Wildman–Crippen MR) is 47.7 cm³/mol. The zero-order valence-electron chi connectivity index (χ0n) is 6.70. The van der Waals surface area contributed by atoms with Crippen molar-refractivity contribution in [3.8, 4) is 0 Å². The monoisotopic (exact) mass is 195 g/mol. The van der Waals surface area contributed by atoms with E-state index in [4.69, 9.17) is 10.2 Å². The van der Waals surface area contributed by atoms with Crippen LogP contribution in [-0.2, 0) is 9.59 Å². The maximum Gasteiger partial charge on any atom is 0.320 e. The lowest BCUT2D eigenvalue weighted by molar-refractivity contribution is -0.140. The van der Waals surface area contributed by atoms with Crippen LogP contribution in [0.4, 0.5) is 0 Å². The molecule has 0 rings (SSSR count). The molecule has 0 fully saturated rings. The molecular weight excluding hydrogens is 182 g/mol. The van der Waals surface area contributed by atoms with E-state index in [1.165, 1.54) is 7.05 Å². The molecule has 1 unspecified atom stereocenters. The van der Waals surface area contributed by atoms with Crippen LogP contribution in [0.25, 0.3) is 0 Å². The Bertz CT molecular complexity index is 162. The van der Waals surface area contributed by atoms with Crippen molar-refractivity contribution in [2.45, 2.75) is 18.9 Å². The van der Waals surface area contributed by atoms with Crippen LogP contribution in [0, 0.1) is 0 Å². The van der Waals surface area contributed by atoms with Crippen molar-refractivity contribution in [3.05, 3.63) is 0 Å². The average molecular weight is 195 g/mol. The van der Waals surface area contributed by atoms with E-state index in [-0.39, 0.29) is 26.3 Å². The summed E-state index contributed by atoms with van der Waals surface area (Å²) in [5.74, 6) is -2.00. The van der Waals surface area contributed by atoms with Crippen LogP contribution in [0.3, 0.4) is 0 Å². The lowest BCUT2D eigenvalue weighted by atomic mass is 10.1. The predicted octanol–water partition coefficient (Wildman–Crippen LogP) is -0.363. The van der Waals surface area contributed by atoms with Crippen LogP contribution >= 0.6 is 13.5 Å². The van der Waals surface area contributed by atoms with Gasteiger partial charge in [0, 0.05) is 6.42 Å². The van der Waals surface area contributed by atoms with E-state index >= 15 is 0 Å². The largest absolute Gasteiger partial charge is 0.481 e. The van der Waals surface area contributed by atoms with Gasteiger partial charge in [0.05, 0.1) is 0 Å². The number of hydrogen-bond acceptors (Lipinski definition) is 3. The van der Waals surface area contributed by atoms with Crippen molar-refractivity contribution in [1.29, 1.82) is 0 Å². The Morgan fingerprint density at radius 3 is 2.17 bits per heavy atom. The molecule has 0 aromatic carbocycles. The van der Waals surface area contributed by atoms with E-state index in [1.54, 1.807) is 0 Å². The highest BCUT2D eigenvalue weighted by molar-refractivity contribution is 7.59. The molecule has 0 bridgehead atoms. The van der Waals surface area contributed by atoms with E-state index in [0.717, 1.165) is 0 Å². The van der Waals surface area contributed by atoms with Gasteiger partial charge in [-0.3, -0.25) is 9.59 Å². The third-order valence-electron chi connectivity index (χ3n) is 1.29. The average Bonchev–Trinajstić information content (AvgIpc) is 1.87. The molecule has 0 saturated heterocycles. The highest BCUT2D eigenvalue weighted by Gasteiger charge is 2.15. The van der Waals surface area contributed by atoms with E-state index in [1.807, 2.05) is 0 Å². The van der Waals surface area contributed by atoms with Gasteiger partial charge in [0.25, 0.3) is 0 Å². The minimum absolute atomic E-state index is 0. The highest BCUT2D eigenvalue weighted by atomic mass is 32.1. The molecule has 0 aliphatic heterocycles. The summed E-state index contributed by atoms with van der Waals surface area (Å²) in [5, 5.41) is 19.1. The Hall–Kier alpha value is -0.750. The van der Waals surface area contributed by atoms with Crippen LogP contribution in [0.2, 0.25) is 0 Å². The van der Waals surface area contributed by atoms with Gasteiger partial charge in [-0.15, -0.1) is 0 Å². The van der Waals surface area contributed by atoms with Gasteiger partial charge in [-0.25, -0.2) is 0 Å². The van der Waals surface area contributed by atoms with Crippen LogP contribution < -0.4 is 5.32 Å². The summed E-state index contributed by atoms with van der Waals surface area (Å²) in [7, 11) is 1.49. The molecule has 0 aliphatic carbocycles. The smallest absolute Gasteiger partial charge is 0.320 e. The van der Waals surface area contributed by atoms with Crippen LogP contribution in [-0.4, -0.2) is 35.2 Å². The summed E-state index contributed by atoms with van der Waals surface area (Å²) in [6.07, 6.45) is -0.0149. The molecule has 0 amide bonds. The number of hydrogen-bond donors (Lipinski definition) is 3. The molecule has 0 aliphatic rings. The molecule has 5 nitrogen and oxygen atoms in total. The Balaban J connectivity index is 0. The number of rotatable bonds is 5. The number of likely N-dealkylation sites (N-methyl/N-ethyl adjacent to an activating group) is 1. The Morgan fingerprint density at radius 2 is 1.92 bits per heavy atom. The first kappa shape index (κ1) is 13.8. The van der Waals surface area contributed by atoms with Crippen LogP contribution in [0.15, 0.2) is 0 Å².